The smallest absolute Gasteiger partial charge is 0.375 e. The van der Waals surface area contributed by atoms with Crippen LogP contribution < -0.4 is 10.9 Å². The van der Waals surface area contributed by atoms with Crippen LogP contribution in [0.1, 0.15) is 70.3 Å². The first-order chi connectivity index (χ1) is 20.9. The van der Waals surface area contributed by atoms with E-state index in [1.807, 2.05) is 31.5 Å². The third-order valence-corrected chi connectivity index (χ3v) is 8.50. The van der Waals surface area contributed by atoms with Gasteiger partial charge in [0.25, 0.3) is 11.5 Å². The number of aryl methyl sites for hydroxylation is 1. The van der Waals surface area contributed by atoms with E-state index in [4.69, 9.17) is 11.6 Å². The van der Waals surface area contributed by atoms with E-state index in [9.17, 15) is 28.0 Å². The van der Waals surface area contributed by atoms with Gasteiger partial charge < -0.3 is 14.8 Å². The molecule has 4 aromatic rings. The Morgan fingerprint density at radius 2 is 1.89 bits per heavy atom. The van der Waals surface area contributed by atoms with Crippen LogP contribution in [-0.2, 0) is 13.5 Å². The highest BCUT2D eigenvalue weighted by Gasteiger charge is 2.49. The number of nitrogens with zero attached hydrogens (tertiary/aromatic N) is 6. The second-order valence-corrected chi connectivity index (χ2v) is 11.7. The number of hydrogen-bond donors (Lipinski definition) is 1. The molecule has 4 heterocycles. The molecule has 0 radical (unpaired) electrons. The zero-order valence-corrected chi connectivity index (χ0v) is 24.6. The Balaban J connectivity index is 1.29. The first-order valence-corrected chi connectivity index (χ1v) is 14.5. The predicted molar refractivity (Wildman–Crippen MR) is 157 cm³/mol. The van der Waals surface area contributed by atoms with Crippen molar-refractivity contribution in [3.63, 3.8) is 0 Å². The van der Waals surface area contributed by atoms with Crippen molar-refractivity contribution in [1.82, 2.24) is 24.4 Å². The van der Waals surface area contributed by atoms with Crippen molar-refractivity contribution in [2.75, 3.05) is 18.4 Å². The lowest BCUT2D eigenvalue weighted by atomic mass is 9.97. The van der Waals surface area contributed by atoms with Gasteiger partial charge in [0.1, 0.15) is 22.7 Å². The van der Waals surface area contributed by atoms with Gasteiger partial charge in [-0.05, 0) is 67.0 Å². The molecule has 1 atom stereocenters. The lowest BCUT2D eigenvalue weighted by Crippen LogP contribution is -2.55. The second kappa shape index (κ2) is 11.2. The largest absolute Gasteiger partial charge is 0.395 e. The number of fused-ring (bicyclic) bond motifs is 1. The van der Waals surface area contributed by atoms with Crippen molar-refractivity contribution in [1.29, 1.82) is 5.26 Å². The van der Waals surface area contributed by atoms with E-state index in [0.29, 0.717) is 28.5 Å². The number of nitrogens with one attached hydrogen (secondary N) is 1. The molecule has 6 rings (SSSR count). The summed E-state index contributed by atoms with van der Waals surface area (Å²) in [6.45, 7) is 1.000. The number of benzene rings is 1. The third-order valence-electron chi connectivity index (χ3n) is 8.22. The van der Waals surface area contributed by atoms with Crippen LogP contribution in [0.25, 0.3) is 10.9 Å². The van der Waals surface area contributed by atoms with Crippen molar-refractivity contribution in [2.24, 2.45) is 13.0 Å². The van der Waals surface area contributed by atoms with Crippen LogP contribution in [0.4, 0.5) is 18.9 Å². The van der Waals surface area contributed by atoms with Crippen LogP contribution in [0.15, 0.2) is 47.5 Å². The normalized spacial score (nSPS) is 16.0. The number of halogens is 4. The molecular weight excluding hydrogens is 595 g/mol. The quantitative estimate of drug-likeness (QED) is 0.270. The fourth-order valence-electron chi connectivity index (χ4n) is 5.40. The van der Waals surface area contributed by atoms with Crippen LogP contribution in [0.3, 0.4) is 0 Å². The van der Waals surface area contributed by atoms with E-state index in [2.05, 4.69) is 20.3 Å². The molecule has 1 amide bonds. The molecular formula is C31H27ClF3N7O2. The molecule has 1 saturated carbocycles. The van der Waals surface area contributed by atoms with Crippen molar-refractivity contribution in [3.8, 4) is 6.07 Å². The van der Waals surface area contributed by atoms with Crippen molar-refractivity contribution in [3.05, 3.63) is 92.0 Å². The monoisotopic (exact) mass is 621 g/mol. The van der Waals surface area contributed by atoms with Crippen LogP contribution in [0.2, 0.25) is 5.15 Å². The fraction of sp³-hybridized carbons (Fsp3) is 0.355. The first-order valence-electron chi connectivity index (χ1n) is 14.1. The molecule has 1 unspecified atom stereocenters. The fourth-order valence-corrected chi connectivity index (χ4v) is 5.65. The number of alkyl halides is 3. The number of amides is 1. The summed E-state index contributed by atoms with van der Waals surface area (Å²) in [4.78, 5) is 39.8. The highest BCUT2D eigenvalue weighted by molar-refractivity contribution is 6.30. The van der Waals surface area contributed by atoms with E-state index in [-0.39, 0.29) is 34.4 Å². The lowest BCUT2D eigenvalue weighted by Gasteiger charge is -2.39. The lowest BCUT2D eigenvalue weighted by molar-refractivity contribution is -0.202. The average Bonchev–Trinajstić information content (AvgIpc) is 3.80. The molecule has 0 spiro atoms. The minimum atomic E-state index is -4.38. The molecule has 1 aromatic carbocycles. The van der Waals surface area contributed by atoms with Gasteiger partial charge in [-0.15, -0.1) is 0 Å². The molecule has 1 aliphatic heterocycles. The van der Waals surface area contributed by atoms with Crippen LogP contribution in [0, 0.1) is 17.2 Å². The Kier molecular flexibility index (Phi) is 7.53. The van der Waals surface area contributed by atoms with Gasteiger partial charge in [-0.25, -0.2) is 15.0 Å². The summed E-state index contributed by atoms with van der Waals surface area (Å²) < 4.78 is 40.4. The van der Waals surface area contributed by atoms with Gasteiger partial charge in [-0.3, -0.25) is 9.59 Å². The minimum absolute atomic E-state index is 0.0688. The Morgan fingerprint density at radius 3 is 2.52 bits per heavy atom. The van der Waals surface area contributed by atoms with Crippen molar-refractivity contribution in [2.45, 2.75) is 44.3 Å². The number of pyridine rings is 2. The van der Waals surface area contributed by atoms with Crippen molar-refractivity contribution >= 4 is 34.1 Å². The van der Waals surface area contributed by atoms with Gasteiger partial charge in [0.2, 0.25) is 0 Å². The molecule has 13 heteroatoms. The van der Waals surface area contributed by atoms with E-state index >= 15 is 0 Å². The summed E-state index contributed by atoms with van der Waals surface area (Å²) in [6.07, 6.45) is 1.80. The SMILES string of the molecule is CC(Nc1cc(=O)n(C)c2ccc(Cc3cc(C(=O)N4CC(C(F)(F)F)C4)nc(Cl)c3C#N)cc12)c1ncc(C2CC2)cn1. The maximum Gasteiger partial charge on any atom is 0.395 e. The van der Waals surface area contributed by atoms with E-state index in [1.54, 1.807) is 19.2 Å². The summed E-state index contributed by atoms with van der Waals surface area (Å²) in [5, 5.41) is 13.7. The summed E-state index contributed by atoms with van der Waals surface area (Å²) in [5.74, 6) is -1.13. The number of aromatic nitrogens is 4. The number of anilines is 1. The summed E-state index contributed by atoms with van der Waals surface area (Å²) in [5.41, 5.74) is 3.25. The molecule has 2 aliphatic rings. The maximum absolute atomic E-state index is 13.0. The van der Waals surface area contributed by atoms with Gasteiger partial charge in [0.15, 0.2) is 0 Å². The molecule has 1 saturated heterocycles. The van der Waals surface area contributed by atoms with E-state index in [0.717, 1.165) is 34.3 Å². The Labute approximate surface area is 255 Å². The number of carbonyl (C=O) groups is 1. The third kappa shape index (κ3) is 5.71. The molecule has 2 fully saturated rings. The van der Waals surface area contributed by atoms with E-state index < -0.39 is 31.1 Å². The van der Waals surface area contributed by atoms with Crippen molar-refractivity contribution < 1.29 is 18.0 Å². The number of nitriles is 1. The summed E-state index contributed by atoms with van der Waals surface area (Å²) in [6, 6.07) is 10.1. The zero-order chi connectivity index (χ0) is 31.3. The van der Waals surface area contributed by atoms with Gasteiger partial charge in [-0.2, -0.15) is 18.4 Å². The zero-order valence-electron chi connectivity index (χ0n) is 23.8. The highest BCUT2D eigenvalue weighted by atomic mass is 35.5. The Hall–Kier alpha value is -4.50. The topological polar surface area (TPSA) is 117 Å². The van der Waals surface area contributed by atoms with Gasteiger partial charge >= 0.3 is 6.18 Å². The first kappa shape index (κ1) is 29.6. The highest BCUT2D eigenvalue weighted by Crippen LogP contribution is 2.39. The minimum Gasteiger partial charge on any atom is -0.375 e. The molecule has 9 nitrogen and oxygen atoms in total. The average molecular weight is 622 g/mol. The number of hydrogen-bond acceptors (Lipinski definition) is 7. The number of rotatable bonds is 7. The number of likely N-dealkylation sites (tertiary alicyclic amines) is 1. The van der Waals surface area contributed by atoms with Crippen LogP contribution >= 0.6 is 11.6 Å². The molecule has 1 aliphatic carbocycles. The summed E-state index contributed by atoms with van der Waals surface area (Å²) >= 11 is 6.27. The number of carbonyl (C=O) groups excluding carboxylic acids is 1. The molecule has 44 heavy (non-hydrogen) atoms. The van der Waals surface area contributed by atoms with E-state index in [1.165, 1.54) is 16.7 Å². The Morgan fingerprint density at radius 1 is 1.18 bits per heavy atom. The maximum atomic E-state index is 13.0. The second-order valence-electron chi connectivity index (χ2n) is 11.4. The summed E-state index contributed by atoms with van der Waals surface area (Å²) in [7, 11) is 1.67. The Bertz CT molecular complexity index is 1880. The predicted octanol–water partition coefficient (Wildman–Crippen LogP) is 5.52. The molecule has 0 bridgehead atoms. The van der Waals surface area contributed by atoms with Gasteiger partial charge in [-0.1, -0.05) is 17.7 Å². The van der Waals surface area contributed by atoms with Crippen LogP contribution in [-0.4, -0.2) is 49.6 Å². The van der Waals surface area contributed by atoms with Gasteiger partial charge in [0, 0.05) is 49.7 Å². The molecule has 226 valence electrons. The molecule has 3 aromatic heterocycles. The standard InChI is InChI=1S/C31H27ClF3N7O2/c1-16(29-37-12-20(13-38-29)18-4-5-18)39-24-10-27(43)41(2)26-6-3-17(8-22(24)26)7-19-9-25(40-28(32)23(19)11-36)30(44)42-14-21(15-42)31(33,34)35/h3,6,8-10,12-13,16,18,21,39H,4-5,7,14-15H2,1-2H3. The van der Waals surface area contributed by atoms with Gasteiger partial charge in [0.05, 0.1) is 23.0 Å². The molecule has 1 N–H and O–H groups in total. The van der Waals surface area contributed by atoms with Crippen LogP contribution in [0.5, 0.6) is 0 Å².